The van der Waals surface area contributed by atoms with E-state index < -0.39 is 0 Å². The Hall–Kier alpha value is -2.97. The van der Waals surface area contributed by atoms with Gasteiger partial charge >= 0.3 is 0 Å². The molecule has 2 N–H and O–H groups in total. The fourth-order valence-electron chi connectivity index (χ4n) is 2.58. The molecule has 2 aromatic rings. The Morgan fingerprint density at radius 1 is 0.962 bits per heavy atom. The van der Waals surface area contributed by atoms with Gasteiger partial charge in [0.15, 0.2) is 5.75 Å². The predicted molar refractivity (Wildman–Crippen MR) is 102 cm³/mol. The number of methoxy groups -OCH3 is 1. The number of anilines is 2. The van der Waals surface area contributed by atoms with Gasteiger partial charge in [0.2, 0.25) is 0 Å². The van der Waals surface area contributed by atoms with Gasteiger partial charge in [0.05, 0.1) is 32.7 Å². The van der Waals surface area contributed by atoms with Crippen LogP contribution in [0.1, 0.15) is 0 Å². The van der Waals surface area contributed by atoms with Crippen LogP contribution in [0.15, 0.2) is 47.6 Å². The summed E-state index contributed by atoms with van der Waals surface area (Å²) >= 11 is 0. The standard InChI is InChI=1S/C18H24N4O4/c1-21(18(20-24-3)22(25-4)26-5)15-12-11-14(16(19)17(15)23-2)13-9-7-6-8-10-13/h6-12H,19H2,1-5H3/b20-18-. The molecule has 0 spiro atoms. The first-order valence-electron chi connectivity index (χ1n) is 7.84. The van der Waals surface area contributed by atoms with Crippen molar-refractivity contribution in [3.8, 4) is 16.9 Å². The van der Waals surface area contributed by atoms with E-state index in [4.69, 9.17) is 25.0 Å². The van der Waals surface area contributed by atoms with Gasteiger partial charge in [0.1, 0.15) is 7.11 Å². The summed E-state index contributed by atoms with van der Waals surface area (Å²) in [7, 11) is 7.67. The largest absolute Gasteiger partial charge is 0.492 e. The number of hydroxylamine groups is 2. The molecule has 0 unspecified atom stereocenters. The van der Waals surface area contributed by atoms with Crippen molar-refractivity contribution in [1.82, 2.24) is 5.23 Å². The fraction of sp³-hybridized carbons (Fsp3) is 0.278. The minimum absolute atomic E-state index is 0.252. The first kappa shape index (κ1) is 19.4. The molecule has 8 heteroatoms. The lowest BCUT2D eigenvalue weighted by Gasteiger charge is -2.28. The van der Waals surface area contributed by atoms with Gasteiger partial charge in [-0.25, -0.2) is 9.68 Å². The van der Waals surface area contributed by atoms with Gasteiger partial charge in [-0.1, -0.05) is 35.6 Å². The zero-order valence-corrected chi connectivity index (χ0v) is 15.6. The molecule has 0 amide bonds. The first-order chi connectivity index (χ1) is 12.6. The highest BCUT2D eigenvalue weighted by molar-refractivity contribution is 5.98. The number of oxime groups is 1. The van der Waals surface area contributed by atoms with Crippen LogP contribution >= 0.6 is 0 Å². The van der Waals surface area contributed by atoms with Crippen molar-refractivity contribution in [3.05, 3.63) is 42.5 Å². The monoisotopic (exact) mass is 360 g/mol. The van der Waals surface area contributed by atoms with Gasteiger partial charge in [-0.05, 0) is 22.9 Å². The molecule has 0 radical (unpaired) electrons. The summed E-state index contributed by atoms with van der Waals surface area (Å²) in [5, 5.41) is 5.05. The topological polar surface area (TPSA) is 81.8 Å². The highest BCUT2D eigenvalue weighted by Crippen LogP contribution is 2.40. The van der Waals surface area contributed by atoms with E-state index in [9.17, 15) is 0 Å². The van der Waals surface area contributed by atoms with Crippen molar-refractivity contribution in [1.29, 1.82) is 0 Å². The van der Waals surface area contributed by atoms with Gasteiger partial charge in [-0.15, -0.1) is 0 Å². The SMILES string of the molecule is CO/N=C(\N(OC)OC)N(C)c1ccc(-c2ccccc2)c(N)c1OC. The van der Waals surface area contributed by atoms with Crippen molar-refractivity contribution in [2.75, 3.05) is 46.1 Å². The number of nitrogen functional groups attached to an aromatic ring is 1. The Morgan fingerprint density at radius 2 is 1.62 bits per heavy atom. The van der Waals surface area contributed by atoms with Crippen LogP contribution in [0.2, 0.25) is 0 Å². The number of hydrogen-bond acceptors (Lipinski definition) is 6. The van der Waals surface area contributed by atoms with Crippen LogP contribution in [0.25, 0.3) is 11.1 Å². The second kappa shape index (κ2) is 8.93. The molecule has 0 aliphatic heterocycles. The Kier molecular flexibility index (Phi) is 6.65. The zero-order chi connectivity index (χ0) is 19.1. The molecule has 0 bridgehead atoms. The second-order valence-electron chi connectivity index (χ2n) is 5.20. The van der Waals surface area contributed by atoms with E-state index in [1.807, 2.05) is 42.5 Å². The van der Waals surface area contributed by atoms with Crippen LogP contribution in [-0.4, -0.2) is 46.7 Å². The van der Waals surface area contributed by atoms with Crippen LogP contribution in [0.5, 0.6) is 5.75 Å². The molecule has 2 aromatic carbocycles. The molecule has 26 heavy (non-hydrogen) atoms. The zero-order valence-electron chi connectivity index (χ0n) is 15.6. The molecule has 0 saturated heterocycles. The Bertz CT molecular complexity index is 748. The first-order valence-corrected chi connectivity index (χ1v) is 7.84. The van der Waals surface area contributed by atoms with Gasteiger partial charge in [-0.3, -0.25) is 0 Å². The molecular weight excluding hydrogens is 336 g/mol. The summed E-state index contributed by atoms with van der Waals surface area (Å²) in [6.07, 6.45) is 0. The predicted octanol–water partition coefficient (Wildman–Crippen LogP) is 2.72. The van der Waals surface area contributed by atoms with Gasteiger partial charge < -0.3 is 20.2 Å². The average molecular weight is 360 g/mol. The van der Waals surface area contributed by atoms with Crippen molar-refractivity contribution in [2.24, 2.45) is 5.16 Å². The van der Waals surface area contributed by atoms with Crippen LogP contribution in [0.4, 0.5) is 11.4 Å². The highest BCUT2D eigenvalue weighted by atomic mass is 16.9. The quantitative estimate of drug-likeness (QED) is 0.367. The lowest BCUT2D eigenvalue weighted by molar-refractivity contribution is -0.289. The second-order valence-corrected chi connectivity index (χ2v) is 5.20. The Morgan fingerprint density at radius 3 is 2.15 bits per heavy atom. The van der Waals surface area contributed by atoms with Crippen molar-refractivity contribution < 1.29 is 19.2 Å². The molecule has 140 valence electrons. The Labute approximate surface area is 153 Å². The normalized spacial score (nSPS) is 11.2. The van der Waals surface area contributed by atoms with E-state index in [0.717, 1.165) is 16.4 Å². The number of nitrogens with two attached hydrogens (primary N) is 1. The number of ether oxygens (including phenoxy) is 1. The van der Waals surface area contributed by atoms with Crippen LogP contribution in [0, 0.1) is 0 Å². The lowest BCUT2D eigenvalue weighted by atomic mass is 10.0. The molecule has 0 aliphatic carbocycles. The number of hydrogen-bond donors (Lipinski definition) is 1. The van der Waals surface area contributed by atoms with E-state index in [2.05, 4.69) is 5.16 Å². The molecule has 0 atom stereocenters. The number of rotatable bonds is 6. The third-order valence-electron chi connectivity index (χ3n) is 3.79. The third-order valence-corrected chi connectivity index (χ3v) is 3.79. The fourth-order valence-corrected chi connectivity index (χ4v) is 2.58. The van der Waals surface area contributed by atoms with Crippen LogP contribution < -0.4 is 15.4 Å². The van der Waals surface area contributed by atoms with E-state index in [1.54, 1.807) is 19.1 Å². The molecule has 0 aliphatic rings. The summed E-state index contributed by atoms with van der Waals surface area (Å²) < 4.78 is 5.57. The summed E-state index contributed by atoms with van der Waals surface area (Å²) in [6.45, 7) is 0. The van der Waals surface area contributed by atoms with Gasteiger partial charge in [0.25, 0.3) is 5.96 Å². The molecule has 2 rings (SSSR count). The average Bonchev–Trinajstić information content (AvgIpc) is 2.68. The minimum Gasteiger partial charge on any atom is -0.492 e. The molecular formula is C18H24N4O4. The summed E-state index contributed by atoms with van der Waals surface area (Å²) in [6, 6.07) is 13.7. The number of nitrogens with zero attached hydrogens (tertiary/aromatic N) is 3. The lowest BCUT2D eigenvalue weighted by Crippen LogP contribution is -2.41. The molecule has 0 fully saturated rings. The number of guanidine groups is 1. The smallest absolute Gasteiger partial charge is 0.294 e. The molecule has 8 nitrogen and oxygen atoms in total. The third kappa shape index (κ3) is 3.81. The van der Waals surface area contributed by atoms with E-state index in [-0.39, 0.29) is 5.96 Å². The maximum absolute atomic E-state index is 6.38. The molecule has 0 heterocycles. The van der Waals surface area contributed by atoms with Crippen molar-refractivity contribution >= 4 is 17.3 Å². The minimum atomic E-state index is 0.252. The maximum Gasteiger partial charge on any atom is 0.294 e. The number of benzene rings is 2. The van der Waals surface area contributed by atoms with Gasteiger partial charge in [-0.2, -0.15) is 0 Å². The summed E-state index contributed by atoms with van der Waals surface area (Å²) in [5.74, 6) is 0.757. The highest BCUT2D eigenvalue weighted by Gasteiger charge is 2.23. The maximum atomic E-state index is 6.38. The van der Waals surface area contributed by atoms with E-state index in [0.29, 0.717) is 17.1 Å². The molecule has 0 aromatic heterocycles. The Balaban J connectivity index is 2.52. The van der Waals surface area contributed by atoms with Gasteiger partial charge in [0, 0.05) is 12.6 Å². The van der Waals surface area contributed by atoms with E-state index >= 15 is 0 Å². The van der Waals surface area contributed by atoms with Crippen LogP contribution in [-0.2, 0) is 14.5 Å². The van der Waals surface area contributed by atoms with E-state index in [1.165, 1.54) is 21.3 Å². The van der Waals surface area contributed by atoms with Crippen molar-refractivity contribution in [2.45, 2.75) is 0 Å². The molecule has 0 saturated carbocycles. The van der Waals surface area contributed by atoms with Crippen LogP contribution in [0.3, 0.4) is 0 Å². The summed E-state index contributed by atoms with van der Waals surface area (Å²) in [4.78, 5) is 16.9. The van der Waals surface area contributed by atoms with Crippen molar-refractivity contribution in [3.63, 3.8) is 0 Å². The summed E-state index contributed by atoms with van der Waals surface area (Å²) in [5.41, 5.74) is 9.44.